The van der Waals surface area contributed by atoms with Crippen molar-refractivity contribution in [1.82, 2.24) is 14.9 Å². The van der Waals surface area contributed by atoms with Crippen LogP contribution in [0.4, 0.5) is 0 Å². The van der Waals surface area contributed by atoms with Gasteiger partial charge in [-0.3, -0.25) is 14.2 Å². The van der Waals surface area contributed by atoms with Crippen molar-refractivity contribution in [2.45, 2.75) is 19.3 Å². The predicted octanol–water partition coefficient (Wildman–Crippen LogP) is 2.22. The molecule has 0 aliphatic heterocycles. The number of aryl methyl sites for hydroxylation is 1. The summed E-state index contributed by atoms with van der Waals surface area (Å²) < 4.78 is 1.55. The molecule has 3 aromatic rings. The second-order valence-corrected chi connectivity index (χ2v) is 5.99. The minimum Gasteiger partial charge on any atom is -0.356 e. The normalized spacial score (nSPS) is 10.8. The lowest BCUT2D eigenvalue weighted by Gasteiger charge is -2.10. The van der Waals surface area contributed by atoms with Crippen LogP contribution in [0.5, 0.6) is 0 Å². The lowest BCUT2D eigenvalue weighted by molar-refractivity contribution is -0.121. The summed E-state index contributed by atoms with van der Waals surface area (Å²) in [5.74, 6) is 0.682. The van der Waals surface area contributed by atoms with Gasteiger partial charge in [-0.05, 0) is 24.1 Å². The van der Waals surface area contributed by atoms with Crippen LogP contribution in [-0.2, 0) is 24.7 Å². The van der Waals surface area contributed by atoms with Gasteiger partial charge < -0.3 is 5.32 Å². The summed E-state index contributed by atoms with van der Waals surface area (Å²) in [7, 11) is 1.72. The largest absolute Gasteiger partial charge is 0.356 e. The fraction of sp³-hybridized carbons (Fsp3) is 0.250. The first-order valence-electron chi connectivity index (χ1n) is 8.40. The summed E-state index contributed by atoms with van der Waals surface area (Å²) in [6.45, 7) is 0.465. The van der Waals surface area contributed by atoms with Crippen LogP contribution < -0.4 is 10.9 Å². The monoisotopic (exact) mass is 335 g/mol. The van der Waals surface area contributed by atoms with Crippen LogP contribution in [0.1, 0.15) is 17.8 Å². The number of rotatable bonds is 6. The molecule has 0 fully saturated rings. The van der Waals surface area contributed by atoms with Gasteiger partial charge in [0.2, 0.25) is 5.91 Å². The van der Waals surface area contributed by atoms with Crippen LogP contribution in [0.15, 0.2) is 59.4 Å². The predicted molar refractivity (Wildman–Crippen MR) is 98.5 cm³/mol. The molecule has 0 unspecified atom stereocenters. The topological polar surface area (TPSA) is 64.0 Å². The zero-order valence-electron chi connectivity index (χ0n) is 14.2. The maximum Gasteiger partial charge on any atom is 0.261 e. The fourth-order valence-electron chi connectivity index (χ4n) is 2.79. The zero-order chi connectivity index (χ0) is 17.6. The summed E-state index contributed by atoms with van der Waals surface area (Å²) in [5, 5.41) is 3.51. The van der Waals surface area contributed by atoms with E-state index in [1.54, 1.807) is 17.7 Å². The standard InChI is InChI=1S/C20H21N3O2/c1-23-18(22-17-10-6-5-9-16(17)20(23)25)13-14-21-19(24)12-11-15-7-3-2-4-8-15/h2-10H,11-14H2,1H3,(H,21,24). The Labute approximate surface area is 146 Å². The van der Waals surface area contributed by atoms with Crippen molar-refractivity contribution in [3.05, 3.63) is 76.3 Å². The number of nitrogens with one attached hydrogen (secondary N) is 1. The number of carbonyl (C=O) groups is 1. The number of para-hydroxylation sites is 1. The zero-order valence-corrected chi connectivity index (χ0v) is 14.2. The molecule has 0 bridgehead atoms. The summed E-state index contributed by atoms with van der Waals surface area (Å²) >= 11 is 0. The summed E-state index contributed by atoms with van der Waals surface area (Å²) in [4.78, 5) is 28.8. The van der Waals surface area contributed by atoms with E-state index in [2.05, 4.69) is 10.3 Å². The third kappa shape index (κ3) is 4.12. The van der Waals surface area contributed by atoms with Crippen LogP contribution in [0, 0.1) is 0 Å². The van der Waals surface area contributed by atoms with Gasteiger partial charge in [-0.15, -0.1) is 0 Å². The Balaban J connectivity index is 1.57. The molecule has 2 aromatic carbocycles. The van der Waals surface area contributed by atoms with E-state index in [1.165, 1.54) is 0 Å². The molecule has 25 heavy (non-hydrogen) atoms. The smallest absolute Gasteiger partial charge is 0.261 e. The van der Waals surface area contributed by atoms with Crippen LogP contribution in [0.25, 0.3) is 10.9 Å². The number of amides is 1. The van der Waals surface area contributed by atoms with Crippen LogP contribution >= 0.6 is 0 Å². The van der Waals surface area contributed by atoms with E-state index in [-0.39, 0.29) is 11.5 Å². The van der Waals surface area contributed by atoms with Gasteiger partial charge in [0.15, 0.2) is 0 Å². The summed E-state index contributed by atoms with van der Waals surface area (Å²) in [6.07, 6.45) is 1.70. The second-order valence-electron chi connectivity index (χ2n) is 5.99. The average molecular weight is 335 g/mol. The lowest BCUT2D eigenvalue weighted by atomic mass is 10.1. The molecule has 0 radical (unpaired) electrons. The molecule has 128 valence electrons. The number of aromatic nitrogens is 2. The van der Waals surface area contributed by atoms with Gasteiger partial charge in [-0.25, -0.2) is 4.98 Å². The van der Waals surface area contributed by atoms with Gasteiger partial charge in [-0.2, -0.15) is 0 Å². The van der Waals surface area contributed by atoms with Crippen LogP contribution in [0.3, 0.4) is 0 Å². The molecule has 5 heteroatoms. The number of hydrogen-bond donors (Lipinski definition) is 1. The highest BCUT2D eigenvalue weighted by atomic mass is 16.1. The molecule has 0 aliphatic rings. The molecule has 0 spiro atoms. The molecule has 0 atom stereocenters. The van der Waals surface area contributed by atoms with Gasteiger partial charge in [-0.1, -0.05) is 42.5 Å². The van der Waals surface area contributed by atoms with Crippen molar-refractivity contribution in [3.8, 4) is 0 Å². The van der Waals surface area contributed by atoms with Gasteiger partial charge in [0.05, 0.1) is 10.9 Å². The third-order valence-electron chi connectivity index (χ3n) is 4.23. The Kier molecular flexibility index (Phi) is 5.23. The van der Waals surface area contributed by atoms with Gasteiger partial charge in [0, 0.05) is 26.4 Å². The SMILES string of the molecule is Cn1c(CCNC(=O)CCc2ccccc2)nc2ccccc2c1=O. The Hall–Kier alpha value is -2.95. The fourth-order valence-corrected chi connectivity index (χ4v) is 2.79. The summed E-state index contributed by atoms with van der Waals surface area (Å²) in [5.41, 5.74) is 1.78. The van der Waals surface area contributed by atoms with Crippen LogP contribution in [-0.4, -0.2) is 22.0 Å². The van der Waals surface area contributed by atoms with E-state index in [9.17, 15) is 9.59 Å². The number of hydrogen-bond acceptors (Lipinski definition) is 3. The van der Waals surface area contributed by atoms with Gasteiger partial charge >= 0.3 is 0 Å². The van der Waals surface area contributed by atoms with E-state index in [0.29, 0.717) is 36.1 Å². The van der Waals surface area contributed by atoms with Crippen molar-refractivity contribution in [2.24, 2.45) is 7.05 Å². The minimum absolute atomic E-state index is 0.00893. The van der Waals surface area contributed by atoms with Crippen molar-refractivity contribution in [3.63, 3.8) is 0 Å². The number of nitrogens with zero attached hydrogens (tertiary/aromatic N) is 2. The Morgan fingerprint density at radius 2 is 1.76 bits per heavy atom. The van der Waals surface area contributed by atoms with Crippen molar-refractivity contribution in [1.29, 1.82) is 0 Å². The molecular formula is C20H21N3O2. The molecule has 1 N–H and O–H groups in total. The molecule has 1 aromatic heterocycles. The van der Waals surface area contributed by atoms with Crippen LogP contribution in [0.2, 0.25) is 0 Å². The lowest BCUT2D eigenvalue weighted by Crippen LogP contribution is -2.29. The van der Waals surface area contributed by atoms with E-state index in [4.69, 9.17) is 0 Å². The Morgan fingerprint density at radius 3 is 2.56 bits per heavy atom. The quantitative estimate of drug-likeness (QED) is 0.751. The first-order chi connectivity index (χ1) is 12.1. The Bertz CT molecular complexity index is 933. The molecule has 5 nitrogen and oxygen atoms in total. The van der Waals surface area contributed by atoms with E-state index in [0.717, 1.165) is 12.0 Å². The number of fused-ring (bicyclic) bond motifs is 1. The first-order valence-corrected chi connectivity index (χ1v) is 8.40. The van der Waals surface area contributed by atoms with Crippen molar-refractivity contribution >= 4 is 16.8 Å². The molecule has 1 heterocycles. The van der Waals surface area contributed by atoms with Crippen molar-refractivity contribution < 1.29 is 4.79 Å². The molecule has 0 saturated heterocycles. The van der Waals surface area contributed by atoms with E-state index in [1.807, 2.05) is 48.5 Å². The van der Waals surface area contributed by atoms with Gasteiger partial charge in [0.25, 0.3) is 5.56 Å². The second kappa shape index (κ2) is 7.75. The average Bonchev–Trinajstić information content (AvgIpc) is 2.65. The summed E-state index contributed by atoms with van der Waals surface area (Å²) in [6, 6.07) is 17.2. The molecular weight excluding hydrogens is 314 g/mol. The highest BCUT2D eigenvalue weighted by molar-refractivity contribution is 5.77. The van der Waals surface area contributed by atoms with E-state index < -0.39 is 0 Å². The maximum atomic E-state index is 12.3. The Morgan fingerprint density at radius 1 is 1.04 bits per heavy atom. The van der Waals surface area contributed by atoms with E-state index >= 15 is 0 Å². The highest BCUT2D eigenvalue weighted by Crippen LogP contribution is 2.07. The number of carbonyl (C=O) groups excluding carboxylic acids is 1. The molecule has 3 rings (SSSR count). The van der Waals surface area contributed by atoms with Gasteiger partial charge in [0.1, 0.15) is 5.82 Å². The first kappa shape index (κ1) is 16.9. The van der Waals surface area contributed by atoms with Crippen molar-refractivity contribution in [2.75, 3.05) is 6.54 Å². The molecule has 0 aliphatic carbocycles. The number of benzene rings is 2. The third-order valence-corrected chi connectivity index (χ3v) is 4.23. The highest BCUT2D eigenvalue weighted by Gasteiger charge is 2.08. The molecule has 1 amide bonds. The maximum absolute atomic E-state index is 12.3. The molecule has 0 saturated carbocycles. The minimum atomic E-state index is -0.0593.